The fourth-order valence-corrected chi connectivity index (χ4v) is 5.35. The van der Waals surface area contributed by atoms with Crippen LogP contribution in [0.15, 0.2) is 53.4 Å². The van der Waals surface area contributed by atoms with Crippen LogP contribution >= 0.6 is 0 Å². The van der Waals surface area contributed by atoms with E-state index < -0.39 is 39.7 Å². The van der Waals surface area contributed by atoms with Crippen LogP contribution < -0.4 is 10.2 Å². The Morgan fingerprint density at radius 3 is 2.39 bits per heavy atom. The highest BCUT2D eigenvalue weighted by molar-refractivity contribution is 7.89. The van der Waals surface area contributed by atoms with E-state index in [9.17, 15) is 22.4 Å². The largest absolute Gasteiger partial charge is 0.354 e. The predicted octanol–water partition coefficient (Wildman–Crippen LogP) is 3.09. The number of amides is 2. The zero-order valence-corrected chi connectivity index (χ0v) is 20.2. The molecule has 7 nitrogen and oxygen atoms in total. The lowest BCUT2D eigenvalue weighted by atomic mass is 9.94. The van der Waals surface area contributed by atoms with Crippen LogP contribution in [-0.4, -0.2) is 49.7 Å². The third-order valence-electron chi connectivity index (χ3n) is 5.79. The van der Waals surface area contributed by atoms with E-state index in [4.69, 9.17) is 0 Å². The summed E-state index contributed by atoms with van der Waals surface area (Å²) in [6.45, 7) is 6.88. The Kier molecular flexibility index (Phi) is 7.23. The number of rotatable bonds is 7. The molecule has 0 spiro atoms. The number of halogens is 1. The quantitative estimate of drug-likeness (QED) is 0.667. The van der Waals surface area contributed by atoms with Crippen molar-refractivity contribution in [3.05, 3.63) is 59.9 Å². The number of nitrogens with one attached hydrogen (secondary N) is 1. The van der Waals surface area contributed by atoms with Gasteiger partial charge in [-0.1, -0.05) is 43.7 Å². The van der Waals surface area contributed by atoms with Crippen LogP contribution in [0.5, 0.6) is 0 Å². The molecule has 1 saturated heterocycles. The number of piperazine rings is 1. The SMILES string of the molecule is Cc1ccc(S(=O)(=O)N2CC(=O)N(c3ccccc3F)[C@](C)(C(=O)NCCC(C)C)C2)cc1. The van der Waals surface area contributed by atoms with Crippen molar-refractivity contribution in [3.63, 3.8) is 0 Å². The third-order valence-corrected chi connectivity index (χ3v) is 7.59. The Hall–Kier alpha value is -2.78. The normalized spacial score (nSPS) is 19.7. The topological polar surface area (TPSA) is 86.8 Å². The molecule has 3 rings (SSSR count). The second-order valence-corrected chi connectivity index (χ2v) is 10.9. The molecule has 2 amide bonds. The number of carbonyl (C=O) groups is 2. The summed E-state index contributed by atoms with van der Waals surface area (Å²) < 4.78 is 42.3. The second kappa shape index (κ2) is 9.61. The molecule has 1 atom stereocenters. The van der Waals surface area contributed by atoms with Gasteiger partial charge in [-0.3, -0.25) is 14.5 Å². The molecule has 0 unspecified atom stereocenters. The molecule has 1 heterocycles. The van der Waals surface area contributed by atoms with E-state index in [1.807, 2.05) is 20.8 Å². The van der Waals surface area contributed by atoms with Gasteiger partial charge < -0.3 is 5.32 Å². The second-order valence-electron chi connectivity index (χ2n) is 8.98. The van der Waals surface area contributed by atoms with Gasteiger partial charge in [-0.25, -0.2) is 12.8 Å². The van der Waals surface area contributed by atoms with Gasteiger partial charge in [0.25, 0.3) is 0 Å². The third kappa shape index (κ3) is 5.09. The van der Waals surface area contributed by atoms with Gasteiger partial charge >= 0.3 is 0 Å². The minimum Gasteiger partial charge on any atom is -0.354 e. The maximum atomic E-state index is 14.7. The molecule has 33 heavy (non-hydrogen) atoms. The van der Waals surface area contributed by atoms with Crippen LogP contribution in [0.3, 0.4) is 0 Å². The molecule has 0 bridgehead atoms. The molecule has 0 aliphatic carbocycles. The summed E-state index contributed by atoms with van der Waals surface area (Å²) in [5, 5.41) is 2.81. The summed E-state index contributed by atoms with van der Waals surface area (Å²) in [6.07, 6.45) is 0.709. The van der Waals surface area contributed by atoms with Crippen molar-refractivity contribution in [1.82, 2.24) is 9.62 Å². The van der Waals surface area contributed by atoms with Gasteiger partial charge in [-0.2, -0.15) is 4.31 Å². The first-order valence-electron chi connectivity index (χ1n) is 10.9. The van der Waals surface area contributed by atoms with Gasteiger partial charge in [0.05, 0.1) is 17.1 Å². The Labute approximate surface area is 194 Å². The van der Waals surface area contributed by atoms with Gasteiger partial charge in [0.2, 0.25) is 21.8 Å². The molecule has 9 heteroatoms. The molecule has 1 fully saturated rings. The van der Waals surface area contributed by atoms with E-state index in [1.165, 1.54) is 37.3 Å². The molecule has 2 aromatic rings. The van der Waals surface area contributed by atoms with Crippen molar-refractivity contribution in [1.29, 1.82) is 0 Å². The number of nitrogens with zero attached hydrogens (tertiary/aromatic N) is 2. The van der Waals surface area contributed by atoms with E-state index >= 15 is 0 Å². The number of hydrogen-bond acceptors (Lipinski definition) is 4. The molecule has 0 aromatic heterocycles. The average molecular weight is 476 g/mol. The minimum atomic E-state index is -4.05. The van der Waals surface area contributed by atoms with Gasteiger partial charge in [0.1, 0.15) is 11.4 Å². The summed E-state index contributed by atoms with van der Waals surface area (Å²) in [7, 11) is -4.05. The van der Waals surface area contributed by atoms with Crippen LogP contribution in [0.1, 0.15) is 32.8 Å². The van der Waals surface area contributed by atoms with Gasteiger partial charge in [-0.15, -0.1) is 0 Å². The maximum absolute atomic E-state index is 14.7. The Bertz CT molecular complexity index is 1130. The molecule has 1 aliphatic heterocycles. The Morgan fingerprint density at radius 2 is 1.79 bits per heavy atom. The Morgan fingerprint density at radius 1 is 1.15 bits per heavy atom. The molecule has 0 radical (unpaired) electrons. The van der Waals surface area contributed by atoms with E-state index in [2.05, 4.69) is 5.32 Å². The van der Waals surface area contributed by atoms with Crippen LogP contribution in [0.2, 0.25) is 0 Å². The van der Waals surface area contributed by atoms with E-state index in [0.717, 1.165) is 14.8 Å². The molecule has 1 aliphatic rings. The lowest BCUT2D eigenvalue weighted by molar-refractivity contribution is -0.133. The number of sulfonamides is 1. The zero-order valence-electron chi connectivity index (χ0n) is 19.3. The number of carbonyl (C=O) groups excluding carboxylic acids is 2. The van der Waals surface area contributed by atoms with E-state index in [0.29, 0.717) is 18.9 Å². The summed E-state index contributed by atoms with van der Waals surface area (Å²) in [4.78, 5) is 27.7. The lowest BCUT2D eigenvalue weighted by Crippen LogP contribution is -2.70. The van der Waals surface area contributed by atoms with Crippen molar-refractivity contribution in [2.75, 3.05) is 24.5 Å². The van der Waals surface area contributed by atoms with E-state index in [-0.39, 0.29) is 17.1 Å². The zero-order chi connectivity index (χ0) is 24.4. The molecular formula is C24H30FN3O4S. The van der Waals surface area contributed by atoms with Crippen LogP contribution in [-0.2, 0) is 19.6 Å². The van der Waals surface area contributed by atoms with Crippen molar-refractivity contribution >= 4 is 27.5 Å². The molecule has 1 N–H and O–H groups in total. The lowest BCUT2D eigenvalue weighted by Gasteiger charge is -2.46. The Balaban J connectivity index is 2.02. The highest BCUT2D eigenvalue weighted by Gasteiger charge is 2.51. The predicted molar refractivity (Wildman–Crippen MR) is 125 cm³/mol. The monoisotopic (exact) mass is 475 g/mol. The van der Waals surface area contributed by atoms with Crippen LogP contribution in [0, 0.1) is 18.7 Å². The smallest absolute Gasteiger partial charge is 0.247 e. The average Bonchev–Trinajstić information content (AvgIpc) is 2.74. The summed E-state index contributed by atoms with van der Waals surface area (Å²) in [5.74, 6) is -1.54. The highest BCUT2D eigenvalue weighted by Crippen LogP contribution is 2.33. The summed E-state index contributed by atoms with van der Waals surface area (Å²) in [5.41, 5.74) is -0.813. The standard InChI is InChI=1S/C24H30FN3O4S/c1-17(2)13-14-26-23(30)24(4)16-27(33(31,32)19-11-9-18(3)10-12-19)15-22(29)28(24)21-8-6-5-7-20(21)25/h5-12,17H,13-16H2,1-4H3,(H,26,30)/t24-/m0/s1. The maximum Gasteiger partial charge on any atom is 0.247 e. The van der Waals surface area contributed by atoms with Crippen LogP contribution in [0.25, 0.3) is 0 Å². The summed E-state index contributed by atoms with van der Waals surface area (Å²) in [6, 6.07) is 12.0. The van der Waals surface area contributed by atoms with Gasteiger partial charge in [0, 0.05) is 13.1 Å². The number of hydrogen-bond donors (Lipinski definition) is 1. The summed E-state index contributed by atoms with van der Waals surface area (Å²) >= 11 is 0. The first-order chi connectivity index (χ1) is 15.5. The van der Waals surface area contributed by atoms with Crippen molar-refractivity contribution < 1.29 is 22.4 Å². The van der Waals surface area contributed by atoms with E-state index in [1.54, 1.807) is 18.2 Å². The fourth-order valence-electron chi connectivity index (χ4n) is 3.87. The first-order valence-corrected chi connectivity index (χ1v) is 12.3. The molecule has 2 aromatic carbocycles. The molecular weight excluding hydrogens is 445 g/mol. The first kappa shape index (κ1) is 24.9. The number of benzene rings is 2. The van der Waals surface area contributed by atoms with Crippen molar-refractivity contribution in [2.24, 2.45) is 5.92 Å². The van der Waals surface area contributed by atoms with Crippen molar-refractivity contribution in [3.8, 4) is 0 Å². The number of para-hydroxylation sites is 1. The molecule has 178 valence electrons. The fraction of sp³-hybridized carbons (Fsp3) is 0.417. The molecule has 0 saturated carbocycles. The van der Waals surface area contributed by atoms with Gasteiger partial charge in [-0.05, 0) is 50.5 Å². The minimum absolute atomic E-state index is 0.0304. The number of anilines is 1. The van der Waals surface area contributed by atoms with Crippen molar-refractivity contribution in [2.45, 2.75) is 44.6 Å². The number of aryl methyl sites for hydroxylation is 1. The van der Waals surface area contributed by atoms with Gasteiger partial charge in [0.15, 0.2) is 0 Å². The highest BCUT2D eigenvalue weighted by atomic mass is 32.2. The van der Waals surface area contributed by atoms with Crippen LogP contribution in [0.4, 0.5) is 10.1 Å².